The van der Waals surface area contributed by atoms with E-state index >= 15 is 0 Å². The third-order valence-electron chi connectivity index (χ3n) is 2.31. The quantitative estimate of drug-likeness (QED) is 0.660. The fourth-order valence-corrected chi connectivity index (χ4v) is 1.89. The first-order chi connectivity index (χ1) is 6.11. The van der Waals surface area contributed by atoms with Crippen molar-refractivity contribution in [2.45, 2.75) is 31.7 Å². The Kier molecular flexibility index (Phi) is 3.48. The van der Waals surface area contributed by atoms with E-state index in [1.54, 1.807) is 0 Å². The molecule has 0 spiro atoms. The first kappa shape index (κ1) is 10.2. The zero-order chi connectivity index (χ0) is 9.84. The summed E-state index contributed by atoms with van der Waals surface area (Å²) in [5.41, 5.74) is 5.40. The minimum atomic E-state index is -0.860. The lowest BCUT2D eigenvalue weighted by atomic mass is 10.00. The molecule has 1 aliphatic heterocycles. The second-order valence-corrected chi connectivity index (χ2v) is 3.82. The van der Waals surface area contributed by atoms with Crippen LogP contribution in [-0.2, 0) is 0 Å². The lowest BCUT2D eigenvalue weighted by Crippen LogP contribution is -2.44. The van der Waals surface area contributed by atoms with Crippen LogP contribution in [0.5, 0.6) is 0 Å². The second kappa shape index (κ2) is 4.41. The maximum atomic E-state index is 10.8. The number of rotatable bonds is 2. The molecule has 1 atom stereocenters. The van der Waals surface area contributed by atoms with Gasteiger partial charge in [0.2, 0.25) is 0 Å². The number of nitrogens with zero attached hydrogens (tertiary/aromatic N) is 1. The van der Waals surface area contributed by atoms with Crippen molar-refractivity contribution in [1.29, 1.82) is 0 Å². The third kappa shape index (κ3) is 2.84. The number of likely N-dealkylation sites (tertiary alicyclic amines) is 1. The van der Waals surface area contributed by atoms with Crippen LogP contribution >= 0.6 is 12.2 Å². The first-order valence-electron chi connectivity index (χ1n) is 4.39. The van der Waals surface area contributed by atoms with E-state index in [0.29, 0.717) is 18.0 Å². The van der Waals surface area contributed by atoms with Gasteiger partial charge in [-0.1, -0.05) is 12.2 Å². The maximum absolute atomic E-state index is 10.8. The molecule has 0 aliphatic carbocycles. The molecule has 1 unspecified atom stereocenters. The van der Waals surface area contributed by atoms with E-state index < -0.39 is 6.09 Å². The molecule has 0 radical (unpaired) electrons. The van der Waals surface area contributed by atoms with E-state index in [0.717, 1.165) is 19.3 Å². The fraction of sp³-hybridized carbons (Fsp3) is 0.750. The van der Waals surface area contributed by atoms with Crippen LogP contribution in [0.2, 0.25) is 0 Å². The van der Waals surface area contributed by atoms with E-state index in [4.69, 9.17) is 23.1 Å². The van der Waals surface area contributed by atoms with Crippen LogP contribution in [0.15, 0.2) is 0 Å². The summed E-state index contributed by atoms with van der Waals surface area (Å²) in [7, 11) is 0. The molecule has 0 saturated carbocycles. The van der Waals surface area contributed by atoms with Gasteiger partial charge < -0.3 is 15.7 Å². The van der Waals surface area contributed by atoms with Crippen molar-refractivity contribution in [3.63, 3.8) is 0 Å². The Morgan fingerprint density at radius 1 is 1.62 bits per heavy atom. The number of amides is 1. The van der Waals surface area contributed by atoms with Gasteiger partial charge in [0.1, 0.15) is 0 Å². The molecule has 1 fully saturated rings. The lowest BCUT2D eigenvalue weighted by molar-refractivity contribution is 0.109. The Labute approximate surface area is 82.7 Å². The standard InChI is InChI=1S/C8H14N2O2S/c9-7(13)5-6-3-1-2-4-10(6)8(11)12/h6H,1-5H2,(H2,9,13)(H,11,12). The van der Waals surface area contributed by atoms with Crippen molar-refractivity contribution in [1.82, 2.24) is 4.90 Å². The van der Waals surface area contributed by atoms with Crippen LogP contribution in [-0.4, -0.2) is 33.7 Å². The van der Waals surface area contributed by atoms with E-state index in [-0.39, 0.29) is 6.04 Å². The summed E-state index contributed by atoms with van der Waals surface area (Å²) in [6.07, 6.45) is 2.54. The molecule has 1 saturated heterocycles. The third-order valence-corrected chi connectivity index (χ3v) is 2.48. The van der Waals surface area contributed by atoms with Crippen molar-refractivity contribution in [3.8, 4) is 0 Å². The van der Waals surface area contributed by atoms with E-state index in [1.165, 1.54) is 4.90 Å². The topological polar surface area (TPSA) is 66.6 Å². The average molecular weight is 202 g/mol. The number of nitrogens with two attached hydrogens (primary N) is 1. The zero-order valence-electron chi connectivity index (χ0n) is 7.40. The van der Waals surface area contributed by atoms with Gasteiger partial charge in [-0.05, 0) is 19.3 Å². The van der Waals surface area contributed by atoms with Gasteiger partial charge in [0.05, 0.1) is 4.99 Å². The summed E-state index contributed by atoms with van der Waals surface area (Å²) in [6, 6.07) is 0.00347. The fourth-order valence-electron chi connectivity index (χ4n) is 1.70. The molecule has 13 heavy (non-hydrogen) atoms. The van der Waals surface area contributed by atoms with Crippen molar-refractivity contribution < 1.29 is 9.90 Å². The highest BCUT2D eigenvalue weighted by Gasteiger charge is 2.26. The van der Waals surface area contributed by atoms with Crippen LogP contribution in [0.1, 0.15) is 25.7 Å². The Hall–Kier alpha value is -0.840. The summed E-state index contributed by atoms with van der Waals surface area (Å²) in [4.78, 5) is 12.6. The van der Waals surface area contributed by atoms with Crippen molar-refractivity contribution >= 4 is 23.3 Å². The monoisotopic (exact) mass is 202 g/mol. The number of piperidine rings is 1. The second-order valence-electron chi connectivity index (χ2n) is 3.30. The Bertz CT molecular complexity index is 220. The molecule has 4 nitrogen and oxygen atoms in total. The van der Waals surface area contributed by atoms with E-state index in [1.807, 2.05) is 0 Å². The van der Waals surface area contributed by atoms with Gasteiger partial charge in [0.25, 0.3) is 0 Å². The Morgan fingerprint density at radius 2 is 2.31 bits per heavy atom. The smallest absolute Gasteiger partial charge is 0.407 e. The molecular weight excluding hydrogens is 188 g/mol. The lowest BCUT2D eigenvalue weighted by Gasteiger charge is -2.33. The van der Waals surface area contributed by atoms with Gasteiger partial charge in [0, 0.05) is 19.0 Å². The summed E-state index contributed by atoms with van der Waals surface area (Å²) >= 11 is 4.77. The summed E-state index contributed by atoms with van der Waals surface area (Å²) < 4.78 is 0. The van der Waals surface area contributed by atoms with Crippen LogP contribution in [0, 0.1) is 0 Å². The minimum Gasteiger partial charge on any atom is -0.465 e. The summed E-state index contributed by atoms with van der Waals surface area (Å²) in [5, 5.41) is 8.86. The van der Waals surface area contributed by atoms with Gasteiger partial charge in [-0.2, -0.15) is 0 Å². The molecular formula is C8H14N2O2S. The largest absolute Gasteiger partial charge is 0.465 e. The maximum Gasteiger partial charge on any atom is 0.407 e. The van der Waals surface area contributed by atoms with E-state index in [2.05, 4.69) is 0 Å². The molecule has 1 rings (SSSR count). The van der Waals surface area contributed by atoms with Gasteiger partial charge in [0.15, 0.2) is 0 Å². The molecule has 1 amide bonds. The number of hydrogen-bond acceptors (Lipinski definition) is 2. The molecule has 1 heterocycles. The van der Waals surface area contributed by atoms with Gasteiger partial charge in [-0.25, -0.2) is 4.79 Å². The highest BCUT2D eigenvalue weighted by Crippen LogP contribution is 2.19. The molecule has 0 bridgehead atoms. The Balaban J connectivity index is 2.56. The average Bonchev–Trinajstić information content (AvgIpc) is 2.03. The Morgan fingerprint density at radius 3 is 2.85 bits per heavy atom. The molecule has 3 N–H and O–H groups in total. The first-order valence-corrected chi connectivity index (χ1v) is 4.80. The molecule has 0 aromatic carbocycles. The predicted molar refractivity (Wildman–Crippen MR) is 53.8 cm³/mol. The van der Waals surface area contributed by atoms with Crippen LogP contribution in [0.25, 0.3) is 0 Å². The number of carbonyl (C=O) groups is 1. The number of carboxylic acid groups (broad SMARTS) is 1. The van der Waals surface area contributed by atoms with Crippen LogP contribution in [0.3, 0.4) is 0 Å². The summed E-state index contributed by atoms with van der Waals surface area (Å²) in [6.45, 7) is 0.614. The summed E-state index contributed by atoms with van der Waals surface area (Å²) in [5.74, 6) is 0. The van der Waals surface area contributed by atoms with Crippen molar-refractivity contribution in [2.75, 3.05) is 6.54 Å². The van der Waals surface area contributed by atoms with Crippen molar-refractivity contribution in [3.05, 3.63) is 0 Å². The van der Waals surface area contributed by atoms with E-state index in [9.17, 15) is 4.79 Å². The molecule has 74 valence electrons. The van der Waals surface area contributed by atoms with Gasteiger partial charge in [-0.3, -0.25) is 0 Å². The number of hydrogen-bond donors (Lipinski definition) is 2. The SMILES string of the molecule is NC(=S)CC1CCCCN1C(=O)O. The minimum absolute atomic E-state index is 0.00347. The van der Waals surface area contributed by atoms with Crippen molar-refractivity contribution in [2.24, 2.45) is 5.73 Å². The van der Waals surface area contributed by atoms with Gasteiger partial charge in [-0.15, -0.1) is 0 Å². The normalized spacial score (nSPS) is 22.8. The molecule has 0 aromatic rings. The highest BCUT2D eigenvalue weighted by molar-refractivity contribution is 7.80. The molecule has 0 aromatic heterocycles. The molecule has 1 aliphatic rings. The highest BCUT2D eigenvalue weighted by atomic mass is 32.1. The molecule has 5 heteroatoms. The van der Waals surface area contributed by atoms with Crippen LogP contribution < -0.4 is 5.73 Å². The van der Waals surface area contributed by atoms with Crippen LogP contribution in [0.4, 0.5) is 4.79 Å². The number of thiocarbonyl (C=S) groups is 1. The zero-order valence-corrected chi connectivity index (χ0v) is 8.22. The predicted octanol–water partition coefficient (Wildman–Crippen LogP) is 1.20. The van der Waals surface area contributed by atoms with Gasteiger partial charge >= 0.3 is 6.09 Å².